The summed E-state index contributed by atoms with van der Waals surface area (Å²) in [6, 6.07) is 0. The summed E-state index contributed by atoms with van der Waals surface area (Å²) in [6.07, 6.45) is 16.3. The van der Waals surface area contributed by atoms with Crippen molar-refractivity contribution < 1.29 is 14.9 Å². The lowest BCUT2D eigenvalue weighted by Crippen LogP contribution is -2.50. The fourth-order valence-electron chi connectivity index (χ4n) is 8.22. The van der Waals surface area contributed by atoms with Crippen LogP contribution in [-0.4, -0.2) is 36.1 Å². The van der Waals surface area contributed by atoms with Gasteiger partial charge in [0.25, 0.3) is 0 Å². The van der Waals surface area contributed by atoms with E-state index in [1.54, 1.807) is 12.7 Å². The summed E-state index contributed by atoms with van der Waals surface area (Å²) in [5.41, 5.74) is 2.45. The second-order valence-corrected chi connectivity index (χ2v) is 11.3. The van der Waals surface area contributed by atoms with Crippen molar-refractivity contribution in [2.75, 3.05) is 13.7 Å². The first-order valence-electron chi connectivity index (χ1n) is 13.4. The third-order valence-corrected chi connectivity index (χ3v) is 10.0. The second-order valence-electron chi connectivity index (χ2n) is 11.3. The van der Waals surface area contributed by atoms with Crippen LogP contribution in [0.2, 0.25) is 0 Å². The molecule has 0 spiro atoms. The molecule has 2 N–H and O–H groups in total. The van der Waals surface area contributed by atoms with Crippen molar-refractivity contribution in [3.63, 3.8) is 0 Å². The first kappa shape index (κ1) is 25.2. The van der Waals surface area contributed by atoms with E-state index in [9.17, 15) is 10.2 Å². The van der Waals surface area contributed by atoms with Gasteiger partial charge in [-0.1, -0.05) is 45.8 Å². The van der Waals surface area contributed by atoms with Crippen molar-refractivity contribution >= 4 is 0 Å². The van der Waals surface area contributed by atoms with Gasteiger partial charge >= 0.3 is 0 Å². The van der Waals surface area contributed by atoms with E-state index >= 15 is 0 Å². The van der Waals surface area contributed by atoms with Crippen LogP contribution < -0.4 is 0 Å². The van der Waals surface area contributed by atoms with Crippen molar-refractivity contribution in [3.8, 4) is 0 Å². The third-order valence-electron chi connectivity index (χ3n) is 10.0. The summed E-state index contributed by atoms with van der Waals surface area (Å²) >= 11 is 0. The number of allylic oxidation sites excluding steroid dienone is 1. The summed E-state index contributed by atoms with van der Waals surface area (Å²) in [7, 11) is 1.71. The largest absolute Gasteiger partial charge is 0.393 e. The number of aliphatic hydroxyl groups excluding tert-OH is 2. The van der Waals surface area contributed by atoms with Crippen molar-refractivity contribution in [2.45, 2.75) is 117 Å². The van der Waals surface area contributed by atoms with E-state index in [-0.39, 0.29) is 12.2 Å². The Bertz CT molecular complexity index is 601. The Morgan fingerprint density at radius 1 is 1.06 bits per heavy atom. The monoisotopic (exact) mass is 434 g/mol. The Morgan fingerprint density at radius 2 is 1.84 bits per heavy atom. The normalized spacial score (nSPS) is 42.4. The van der Waals surface area contributed by atoms with E-state index < -0.39 is 0 Å². The molecule has 0 amide bonds. The standard InChI is InChI=1S/C26H44O3.C2H6/c1-25-15-12-24-22(9-7-19-17-21(28)11-14-26(19,24)2)23(25)10-8-18(25)5-4-6-20(27)13-16-29-3;1-2/h7,18,20-24,27-28H,4-6,8-17H2,1-3H3;1-2H3. The molecule has 0 aromatic rings. The maximum atomic E-state index is 10.2. The van der Waals surface area contributed by atoms with Gasteiger partial charge in [0.05, 0.1) is 12.2 Å². The van der Waals surface area contributed by atoms with E-state index in [1.165, 1.54) is 44.9 Å². The van der Waals surface area contributed by atoms with Crippen LogP contribution in [0.15, 0.2) is 11.6 Å². The van der Waals surface area contributed by atoms with Crippen LogP contribution in [0.1, 0.15) is 105 Å². The fraction of sp³-hybridized carbons (Fsp3) is 0.929. The number of rotatable bonds is 7. The Morgan fingerprint density at radius 3 is 2.58 bits per heavy atom. The fourth-order valence-corrected chi connectivity index (χ4v) is 8.22. The molecule has 0 bridgehead atoms. The zero-order chi connectivity index (χ0) is 22.6. The molecule has 0 aromatic heterocycles. The van der Waals surface area contributed by atoms with Gasteiger partial charge in [0.15, 0.2) is 0 Å². The number of ether oxygens (including phenoxy) is 1. The molecule has 8 atom stereocenters. The van der Waals surface area contributed by atoms with Crippen LogP contribution in [0.4, 0.5) is 0 Å². The van der Waals surface area contributed by atoms with Crippen molar-refractivity contribution in [3.05, 3.63) is 11.6 Å². The van der Waals surface area contributed by atoms with Crippen LogP contribution in [-0.2, 0) is 4.74 Å². The van der Waals surface area contributed by atoms with Crippen molar-refractivity contribution in [1.29, 1.82) is 0 Å². The molecule has 0 radical (unpaired) electrons. The van der Waals surface area contributed by atoms with Gasteiger partial charge in [0, 0.05) is 13.7 Å². The maximum absolute atomic E-state index is 10.2. The Kier molecular flexibility index (Phi) is 8.71. The van der Waals surface area contributed by atoms with E-state index in [2.05, 4.69) is 19.9 Å². The zero-order valence-corrected chi connectivity index (χ0v) is 21.0. The minimum absolute atomic E-state index is 0.102. The molecule has 3 saturated carbocycles. The molecule has 3 fully saturated rings. The minimum Gasteiger partial charge on any atom is -0.393 e. The lowest BCUT2D eigenvalue weighted by molar-refractivity contribution is -0.0511. The zero-order valence-electron chi connectivity index (χ0n) is 21.0. The summed E-state index contributed by atoms with van der Waals surface area (Å²) < 4.78 is 5.10. The van der Waals surface area contributed by atoms with Crippen LogP contribution in [0, 0.1) is 34.5 Å². The van der Waals surface area contributed by atoms with Gasteiger partial charge < -0.3 is 14.9 Å². The summed E-state index contributed by atoms with van der Waals surface area (Å²) in [5, 5.41) is 20.3. The van der Waals surface area contributed by atoms with Gasteiger partial charge in [-0.3, -0.25) is 0 Å². The van der Waals surface area contributed by atoms with E-state index in [4.69, 9.17) is 4.74 Å². The highest BCUT2D eigenvalue weighted by atomic mass is 16.5. The number of aliphatic hydroxyl groups is 2. The molecule has 3 nitrogen and oxygen atoms in total. The highest BCUT2D eigenvalue weighted by Crippen LogP contribution is 2.66. The van der Waals surface area contributed by atoms with Gasteiger partial charge in [-0.05, 0) is 105 Å². The summed E-state index contributed by atoms with van der Waals surface area (Å²) in [4.78, 5) is 0. The number of fused-ring (bicyclic) bond motifs is 5. The molecular weight excluding hydrogens is 384 g/mol. The lowest BCUT2D eigenvalue weighted by atomic mass is 9.47. The first-order chi connectivity index (χ1) is 14.9. The van der Waals surface area contributed by atoms with Gasteiger partial charge in [0.1, 0.15) is 0 Å². The molecule has 0 heterocycles. The molecule has 31 heavy (non-hydrogen) atoms. The van der Waals surface area contributed by atoms with Crippen molar-refractivity contribution in [2.24, 2.45) is 34.5 Å². The molecule has 3 heteroatoms. The van der Waals surface area contributed by atoms with Crippen LogP contribution in [0.25, 0.3) is 0 Å². The lowest BCUT2D eigenvalue weighted by Gasteiger charge is -2.58. The van der Waals surface area contributed by atoms with Gasteiger partial charge in [0.2, 0.25) is 0 Å². The molecular formula is C28H50O3. The van der Waals surface area contributed by atoms with Gasteiger partial charge in [-0.15, -0.1) is 0 Å². The van der Waals surface area contributed by atoms with Crippen LogP contribution in [0.5, 0.6) is 0 Å². The van der Waals surface area contributed by atoms with Crippen LogP contribution in [0.3, 0.4) is 0 Å². The first-order valence-corrected chi connectivity index (χ1v) is 13.4. The van der Waals surface area contributed by atoms with Gasteiger partial charge in [-0.25, -0.2) is 0 Å². The Balaban J connectivity index is 0.00000132. The molecule has 8 unspecified atom stereocenters. The number of hydrogen-bond donors (Lipinski definition) is 2. The third kappa shape index (κ3) is 4.94. The summed E-state index contributed by atoms with van der Waals surface area (Å²) in [5.74, 6) is 3.42. The SMILES string of the molecule is CC.COCCC(O)CCCC1CCC2C3CC=C4CC(O)CCC4(C)C3CCC12C. The second kappa shape index (κ2) is 10.7. The average molecular weight is 435 g/mol. The van der Waals surface area contributed by atoms with Crippen molar-refractivity contribution in [1.82, 2.24) is 0 Å². The molecule has 0 aromatic carbocycles. The van der Waals surface area contributed by atoms with E-state index in [0.717, 1.165) is 55.8 Å². The molecule has 0 saturated heterocycles. The van der Waals surface area contributed by atoms with E-state index in [0.29, 0.717) is 17.4 Å². The van der Waals surface area contributed by atoms with E-state index in [1.807, 2.05) is 13.8 Å². The quantitative estimate of drug-likeness (QED) is 0.448. The topological polar surface area (TPSA) is 49.7 Å². The predicted octanol–water partition coefficient (Wildman–Crippen LogP) is 6.52. The molecule has 180 valence electrons. The maximum Gasteiger partial charge on any atom is 0.0577 e. The highest BCUT2D eigenvalue weighted by Gasteiger charge is 2.58. The minimum atomic E-state index is -0.195. The van der Waals surface area contributed by atoms with Gasteiger partial charge in [-0.2, -0.15) is 0 Å². The van der Waals surface area contributed by atoms with Crippen LogP contribution >= 0.6 is 0 Å². The average Bonchev–Trinajstić information content (AvgIpc) is 3.10. The number of methoxy groups -OCH3 is 1. The predicted molar refractivity (Wildman–Crippen MR) is 129 cm³/mol. The smallest absolute Gasteiger partial charge is 0.0577 e. The molecule has 4 aliphatic carbocycles. The summed E-state index contributed by atoms with van der Waals surface area (Å²) in [6.45, 7) is 9.80. The highest BCUT2D eigenvalue weighted by molar-refractivity contribution is 5.25. The Hall–Kier alpha value is -0.380. The Labute approximate surface area is 192 Å². The number of hydrogen-bond acceptors (Lipinski definition) is 3. The molecule has 0 aliphatic heterocycles. The molecule has 4 aliphatic rings. The molecule has 4 rings (SSSR count).